The number of hydrogen-bond donors (Lipinski definition) is 1. The molecular formula is C25H37O4PSi. The van der Waals surface area contributed by atoms with Gasteiger partial charge in [-0.1, -0.05) is 101 Å². The summed E-state index contributed by atoms with van der Waals surface area (Å²) in [7, 11) is -6.10. The molecule has 2 aromatic rings. The Hall–Kier alpha value is -1.49. The number of rotatable bonds is 11. The fraction of sp³-hybridized carbons (Fsp3) is 0.440. The van der Waals surface area contributed by atoms with Gasteiger partial charge in [-0.25, -0.2) is 0 Å². The van der Waals surface area contributed by atoms with Crippen LogP contribution in [-0.4, -0.2) is 32.1 Å². The molecule has 2 aromatic carbocycles. The zero-order valence-electron chi connectivity index (χ0n) is 19.5. The molecule has 0 fully saturated rings. The van der Waals surface area contributed by atoms with Crippen LogP contribution in [0.3, 0.4) is 0 Å². The third-order valence-corrected chi connectivity index (χ3v) is 12.0. The molecule has 0 bridgehead atoms. The van der Waals surface area contributed by atoms with E-state index < -0.39 is 15.9 Å². The number of benzene rings is 2. The summed E-state index contributed by atoms with van der Waals surface area (Å²) in [5.74, 6) is 0. The zero-order chi connectivity index (χ0) is 23.0. The monoisotopic (exact) mass is 460 g/mol. The predicted octanol–water partition coefficient (Wildman–Crippen LogP) is 5.51. The lowest BCUT2D eigenvalue weighted by Gasteiger charge is -2.42. The van der Waals surface area contributed by atoms with Crippen molar-refractivity contribution in [1.29, 1.82) is 0 Å². The summed E-state index contributed by atoms with van der Waals surface area (Å²) in [6, 6.07) is 21.0. The Bertz CT molecular complexity index is 823. The molecule has 0 aliphatic heterocycles. The maximum absolute atomic E-state index is 12.2. The second-order valence-electron chi connectivity index (χ2n) is 8.92. The zero-order valence-corrected chi connectivity index (χ0v) is 21.3. The lowest BCUT2D eigenvalue weighted by molar-refractivity contribution is 0.186. The summed E-state index contributed by atoms with van der Waals surface area (Å²) in [4.78, 5) is 9.98. The van der Waals surface area contributed by atoms with Crippen molar-refractivity contribution in [2.45, 2.75) is 58.6 Å². The third kappa shape index (κ3) is 7.00. The van der Waals surface area contributed by atoms with E-state index in [0.717, 1.165) is 0 Å². The molecule has 0 aromatic heterocycles. The average Bonchev–Trinajstić information content (AvgIpc) is 2.73. The van der Waals surface area contributed by atoms with Crippen molar-refractivity contribution in [2.24, 2.45) is 0 Å². The molecule has 0 aliphatic rings. The van der Waals surface area contributed by atoms with Crippen molar-refractivity contribution < 1.29 is 18.4 Å². The van der Waals surface area contributed by atoms with E-state index in [0.29, 0.717) is 19.4 Å². The van der Waals surface area contributed by atoms with Crippen LogP contribution in [0.2, 0.25) is 5.04 Å². The molecule has 0 saturated carbocycles. The molecule has 0 heterocycles. The van der Waals surface area contributed by atoms with Crippen LogP contribution in [0.1, 0.15) is 47.5 Å². The van der Waals surface area contributed by atoms with E-state index in [-0.39, 0.29) is 17.3 Å². The molecule has 1 N–H and O–H groups in total. The fourth-order valence-corrected chi connectivity index (χ4v) is 9.56. The third-order valence-electron chi connectivity index (χ3n) is 5.48. The van der Waals surface area contributed by atoms with Gasteiger partial charge in [0.15, 0.2) is 0 Å². The van der Waals surface area contributed by atoms with Gasteiger partial charge in [0, 0.05) is 0 Å². The quantitative estimate of drug-likeness (QED) is 0.273. The standard InChI is InChI=1S/C25H37O4PSi/c1-6-22(2)29-30(26,27)21-15-9-14-20-28-31(25(3,4)5,23-16-10-7-11-17-23)24-18-12-8-13-19-24/h7-14,16-19,22H,6,15,20-21H2,1-5H3,(H,26,27). The van der Waals surface area contributed by atoms with Crippen molar-refractivity contribution >= 4 is 26.3 Å². The molecule has 2 rings (SSSR count). The molecule has 0 aliphatic carbocycles. The molecular weight excluding hydrogens is 423 g/mol. The lowest BCUT2D eigenvalue weighted by Crippen LogP contribution is -2.66. The Morgan fingerprint density at radius 2 is 1.52 bits per heavy atom. The van der Waals surface area contributed by atoms with Gasteiger partial charge in [-0.05, 0) is 35.2 Å². The first-order valence-electron chi connectivity index (χ1n) is 11.0. The van der Waals surface area contributed by atoms with Gasteiger partial charge in [0.05, 0.1) is 18.9 Å². The van der Waals surface area contributed by atoms with Gasteiger partial charge in [-0.15, -0.1) is 0 Å². The Labute approximate surface area is 189 Å². The van der Waals surface area contributed by atoms with E-state index in [2.05, 4.69) is 69.3 Å². The highest BCUT2D eigenvalue weighted by Gasteiger charge is 2.49. The van der Waals surface area contributed by atoms with Gasteiger partial charge in [0.2, 0.25) is 0 Å². The van der Waals surface area contributed by atoms with Crippen molar-refractivity contribution in [2.75, 3.05) is 12.8 Å². The minimum Gasteiger partial charge on any atom is -0.404 e. The molecule has 31 heavy (non-hydrogen) atoms. The van der Waals surface area contributed by atoms with E-state index in [1.54, 1.807) is 0 Å². The number of hydrogen-bond acceptors (Lipinski definition) is 3. The largest absolute Gasteiger partial charge is 0.404 e. The molecule has 0 radical (unpaired) electrons. The highest BCUT2D eigenvalue weighted by molar-refractivity contribution is 7.52. The summed E-state index contributed by atoms with van der Waals surface area (Å²) >= 11 is 0. The number of allylic oxidation sites excluding steroid dienone is 1. The molecule has 0 amide bonds. The van der Waals surface area contributed by atoms with Gasteiger partial charge in [-0.2, -0.15) is 0 Å². The maximum Gasteiger partial charge on any atom is 0.328 e. The normalized spacial score (nSPS) is 15.7. The average molecular weight is 461 g/mol. The Balaban J connectivity index is 2.17. The van der Waals surface area contributed by atoms with Crippen molar-refractivity contribution in [3.8, 4) is 0 Å². The SMILES string of the molecule is CCC(C)OP(=O)(O)CCC=CCO[Si](c1ccccc1)(c1ccccc1)C(C)(C)C. The van der Waals surface area contributed by atoms with Gasteiger partial charge in [0.25, 0.3) is 8.32 Å². The maximum atomic E-state index is 12.2. The van der Waals surface area contributed by atoms with Gasteiger partial charge >= 0.3 is 7.60 Å². The summed E-state index contributed by atoms with van der Waals surface area (Å²) in [5.41, 5.74) is 0. The summed E-state index contributed by atoms with van der Waals surface area (Å²) in [6.45, 7) is 10.9. The van der Waals surface area contributed by atoms with Crippen molar-refractivity contribution in [1.82, 2.24) is 0 Å². The van der Waals surface area contributed by atoms with E-state index in [1.165, 1.54) is 10.4 Å². The molecule has 2 atom stereocenters. The van der Waals surface area contributed by atoms with Crippen LogP contribution in [0.25, 0.3) is 0 Å². The second-order valence-corrected chi connectivity index (χ2v) is 15.2. The van der Waals surface area contributed by atoms with Crippen LogP contribution in [-0.2, 0) is 13.5 Å². The summed E-state index contributed by atoms with van der Waals surface area (Å²) < 4.78 is 24.2. The Morgan fingerprint density at radius 1 is 1.00 bits per heavy atom. The van der Waals surface area contributed by atoms with E-state index in [1.807, 2.05) is 38.1 Å². The fourth-order valence-electron chi connectivity index (χ4n) is 3.77. The molecule has 6 heteroatoms. The Morgan fingerprint density at radius 3 is 1.97 bits per heavy atom. The van der Waals surface area contributed by atoms with Crippen LogP contribution in [0.15, 0.2) is 72.8 Å². The highest BCUT2D eigenvalue weighted by Crippen LogP contribution is 2.44. The lowest BCUT2D eigenvalue weighted by atomic mass is 10.2. The van der Waals surface area contributed by atoms with Crippen LogP contribution in [0, 0.1) is 0 Å². The minimum atomic E-state index is -3.55. The predicted molar refractivity (Wildman–Crippen MR) is 133 cm³/mol. The van der Waals surface area contributed by atoms with Crippen molar-refractivity contribution in [3.63, 3.8) is 0 Å². The topological polar surface area (TPSA) is 55.8 Å². The van der Waals surface area contributed by atoms with E-state index >= 15 is 0 Å². The molecule has 4 nitrogen and oxygen atoms in total. The summed E-state index contributed by atoms with van der Waals surface area (Å²) in [5, 5.41) is 2.40. The molecule has 170 valence electrons. The molecule has 0 saturated heterocycles. The van der Waals surface area contributed by atoms with Crippen molar-refractivity contribution in [3.05, 3.63) is 72.8 Å². The van der Waals surface area contributed by atoms with Crippen LogP contribution >= 0.6 is 7.60 Å². The smallest absolute Gasteiger partial charge is 0.328 e. The summed E-state index contributed by atoms with van der Waals surface area (Å²) in [6.07, 6.45) is 4.98. The Kier molecular flexibility index (Phi) is 9.47. The highest BCUT2D eigenvalue weighted by atomic mass is 31.2. The van der Waals surface area contributed by atoms with Gasteiger partial charge in [-0.3, -0.25) is 4.57 Å². The van der Waals surface area contributed by atoms with Gasteiger partial charge in [0.1, 0.15) is 0 Å². The first-order chi connectivity index (χ1) is 14.6. The van der Waals surface area contributed by atoms with Crippen LogP contribution in [0.5, 0.6) is 0 Å². The van der Waals surface area contributed by atoms with Crippen LogP contribution < -0.4 is 10.4 Å². The first kappa shape index (κ1) is 25.8. The minimum absolute atomic E-state index is 0.0749. The first-order valence-corrected chi connectivity index (χ1v) is 14.7. The van der Waals surface area contributed by atoms with Crippen LogP contribution in [0.4, 0.5) is 0 Å². The van der Waals surface area contributed by atoms with E-state index in [4.69, 9.17) is 8.95 Å². The second kappa shape index (κ2) is 11.4. The van der Waals surface area contributed by atoms with Gasteiger partial charge < -0.3 is 13.8 Å². The van der Waals surface area contributed by atoms with E-state index in [9.17, 15) is 9.46 Å². The molecule has 2 unspecified atom stereocenters. The molecule has 0 spiro atoms.